The van der Waals surface area contributed by atoms with E-state index in [1.54, 1.807) is 0 Å². The lowest BCUT2D eigenvalue weighted by atomic mass is 10.2. The molecule has 2 fully saturated rings. The molecule has 104 valence electrons. The summed E-state index contributed by atoms with van der Waals surface area (Å²) in [6.07, 6.45) is 9.35. The predicted octanol–water partition coefficient (Wildman–Crippen LogP) is 4.72. The third-order valence-electron chi connectivity index (χ3n) is 6.38. The van der Waals surface area contributed by atoms with E-state index < -0.39 is 14.3 Å². The van der Waals surface area contributed by atoms with E-state index in [-0.39, 0.29) is 0 Å². The Labute approximate surface area is 124 Å². The van der Waals surface area contributed by atoms with Crippen molar-refractivity contribution in [1.29, 1.82) is 0 Å². The Morgan fingerprint density at radius 2 is 0.947 bits per heavy atom. The number of hydrogen-bond donors (Lipinski definition) is 0. The zero-order chi connectivity index (χ0) is 14.3. The summed E-state index contributed by atoms with van der Waals surface area (Å²) in [5, 5.41) is 0. The summed E-state index contributed by atoms with van der Waals surface area (Å²) in [5.41, 5.74) is 3.20. The molecular formula is C15H30B2P2+2. The van der Waals surface area contributed by atoms with Gasteiger partial charge in [0.25, 0.3) is 0 Å². The molecule has 2 heterocycles. The lowest BCUT2D eigenvalue weighted by molar-refractivity contribution is 0.777. The standard InChI is InChI=1S/C15H30B2P2/c1-12-6-7-13(2)18(12,16)10-5-11-19(17)14(3)8-9-15(19)4/h12-15H,5-11H2,1-4H3/q+2/t12-,13-,14-,15-/m1/s1. The van der Waals surface area contributed by atoms with Crippen LogP contribution in [0.4, 0.5) is 0 Å². The lowest BCUT2D eigenvalue weighted by Crippen LogP contribution is -2.18. The summed E-state index contributed by atoms with van der Waals surface area (Å²) in [4.78, 5) is 0. The molecule has 2 saturated heterocycles. The van der Waals surface area contributed by atoms with Crippen LogP contribution in [-0.2, 0) is 0 Å². The number of rotatable bonds is 4. The van der Waals surface area contributed by atoms with Crippen molar-refractivity contribution in [3.05, 3.63) is 0 Å². The van der Waals surface area contributed by atoms with Gasteiger partial charge in [-0.3, -0.25) is 0 Å². The van der Waals surface area contributed by atoms with Crippen LogP contribution in [0.3, 0.4) is 0 Å². The molecule has 0 N–H and O–H groups in total. The highest BCUT2D eigenvalue weighted by atomic mass is 31.2. The molecule has 0 aliphatic carbocycles. The Morgan fingerprint density at radius 3 is 1.21 bits per heavy atom. The number of hydrogen-bond acceptors (Lipinski definition) is 0. The molecular weight excluding hydrogens is 264 g/mol. The van der Waals surface area contributed by atoms with E-state index in [1.165, 1.54) is 44.4 Å². The largest absolute Gasteiger partial charge is 0.365 e. The normalized spacial score (nSPS) is 40.6. The molecule has 19 heavy (non-hydrogen) atoms. The lowest BCUT2D eigenvalue weighted by Gasteiger charge is -2.31. The van der Waals surface area contributed by atoms with Crippen molar-refractivity contribution < 1.29 is 0 Å². The van der Waals surface area contributed by atoms with E-state index in [2.05, 4.69) is 27.7 Å². The monoisotopic (exact) mass is 294 g/mol. The highest BCUT2D eigenvalue weighted by Crippen LogP contribution is 2.72. The third kappa shape index (κ3) is 2.97. The van der Waals surface area contributed by atoms with E-state index in [0.29, 0.717) is 0 Å². The Kier molecular flexibility index (Phi) is 5.17. The van der Waals surface area contributed by atoms with Crippen molar-refractivity contribution in [2.24, 2.45) is 0 Å². The molecule has 0 aromatic heterocycles. The summed E-state index contributed by atoms with van der Waals surface area (Å²) in [5.74, 6) is 0. The molecule has 0 bridgehead atoms. The molecule has 0 unspecified atom stereocenters. The first kappa shape index (κ1) is 16.4. The highest BCUT2D eigenvalue weighted by Gasteiger charge is 2.51. The second-order valence-electron chi connectivity index (χ2n) is 7.34. The highest BCUT2D eigenvalue weighted by molar-refractivity contribution is 7.99. The Bertz CT molecular complexity index is 271. The van der Waals surface area contributed by atoms with Gasteiger partial charge in [-0.15, -0.1) is 0 Å². The smallest absolute Gasteiger partial charge is 0.0345 e. The summed E-state index contributed by atoms with van der Waals surface area (Å²) < 4.78 is 0. The van der Waals surface area contributed by atoms with Gasteiger partial charge in [0.2, 0.25) is 0 Å². The van der Waals surface area contributed by atoms with Crippen LogP contribution < -0.4 is 0 Å². The molecule has 2 aliphatic rings. The van der Waals surface area contributed by atoms with Crippen molar-refractivity contribution in [3.63, 3.8) is 0 Å². The van der Waals surface area contributed by atoms with Crippen molar-refractivity contribution in [1.82, 2.24) is 0 Å². The fraction of sp³-hybridized carbons (Fsp3) is 1.00. The summed E-state index contributed by atoms with van der Waals surface area (Å²) in [6, 6.07) is 0. The van der Waals surface area contributed by atoms with Gasteiger partial charge in [-0.05, 0) is 67.7 Å². The van der Waals surface area contributed by atoms with Crippen molar-refractivity contribution in [2.45, 2.75) is 82.4 Å². The molecule has 0 aromatic carbocycles. The molecule has 0 nitrogen and oxygen atoms in total. The average Bonchev–Trinajstić information content (AvgIpc) is 2.76. The molecule has 2 aliphatic heterocycles. The summed E-state index contributed by atoms with van der Waals surface area (Å²) in [6.45, 7) is 9.58. The molecule has 0 spiro atoms. The minimum Gasteiger partial charge on any atom is -0.0345 e. The third-order valence-corrected chi connectivity index (χ3v) is 16.2. The minimum absolute atomic E-state index is 0.799. The van der Waals surface area contributed by atoms with Gasteiger partial charge in [-0.25, -0.2) is 0 Å². The Morgan fingerprint density at radius 1 is 0.684 bits per heavy atom. The Hall–Kier alpha value is 0.990. The van der Waals surface area contributed by atoms with E-state index in [9.17, 15) is 0 Å². The quantitative estimate of drug-likeness (QED) is 0.520. The SMILES string of the molecule is [B][P+]1(CCC[P+]2([B])[C@H](C)CC[C@H]2C)[C@H](C)CC[C@H]1C. The van der Waals surface area contributed by atoms with E-state index >= 15 is 0 Å². The van der Waals surface area contributed by atoms with Gasteiger partial charge in [0.1, 0.15) is 0 Å². The fourth-order valence-corrected chi connectivity index (χ4v) is 12.0. The topological polar surface area (TPSA) is 0 Å². The van der Waals surface area contributed by atoms with Gasteiger partial charge in [-0.1, -0.05) is 0 Å². The maximum Gasteiger partial charge on any atom is 0.365 e. The van der Waals surface area contributed by atoms with Crippen molar-refractivity contribution in [3.8, 4) is 0 Å². The van der Waals surface area contributed by atoms with Crippen molar-refractivity contribution >= 4 is 29.4 Å². The summed E-state index contributed by atoms with van der Waals surface area (Å²) >= 11 is 0. The molecule has 4 heteroatoms. The fourth-order valence-electron chi connectivity index (χ4n) is 4.30. The minimum atomic E-state index is -1.17. The average molecular weight is 294 g/mol. The van der Waals surface area contributed by atoms with E-state index in [4.69, 9.17) is 15.1 Å². The zero-order valence-electron chi connectivity index (χ0n) is 13.3. The first-order chi connectivity index (χ1) is 8.80. The molecule has 0 aromatic rings. The maximum absolute atomic E-state index is 6.83. The van der Waals surface area contributed by atoms with Gasteiger partial charge in [0.15, 0.2) is 0 Å². The zero-order valence-corrected chi connectivity index (χ0v) is 15.1. The Balaban J connectivity index is 1.90. The van der Waals surface area contributed by atoms with Crippen LogP contribution in [0.2, 0.25) is 0 Å². The van der Waals surface area contributed by atoms with Crippen LogP contribution in [0, 0.1) is 0 Å². The second kappa shape index (κ2) is 6.01. The van der Waals surface area contributed by atoms with Crippen LogP contribution in [-0.4, -0.2) is 50.1 Å². The molecule has 2 rings (SSSR count). The first-order valence-electron chi connectivity index (χ1n) is 8.12. The van der Waals surface area contributed by atoms with E-state index in [0.717, 1.165) is 22.6 Å². The van der Waals surface area contributed by atoms with Crippen LogP contribution in [0.25, 0.3) is 0 Å². The van der Waals surface area contributed by atoms with E-state index in [1.807, 2.05) is 0 Å². The van der Waals surface area contributed by atoms with Gasteiger partial charge in [0, 0.05) is 18.7 Å². The molecule has 0 amide bonds. The molecule has 4 atom stereocenters. The van der Waals surface area contributed by atoms with Crippen LogP contribution in [0.5, 0.6) is 0 Å². The van der Waals surface area contributed by atoms with Crippen molar-refractivity contribution in [2.75, 3.05) is 12.3 Å². The first-order valence-corrected chi connectivity index (χ1v) is 12.5. The molecule has 4 radical (unpaired) electrons. The molecule has 0 saturated carbocycles. The maximum atomic E-state index is 6.83. The van der Waals surface area contributed by atoms with Crippen LogP contribution >= 0.6 is 14.3 Å². The summed E-state index contributed by atoms with van der Waals surface area (Å²) in [7, 11) is 11.3. The van der Waals surface area contributed by atoms with Crippen LogP contribution in [0.1, 0.15) is 59.8 Å². The second-order valence-corrected chi connectivity index (χ2v) is 15.7. The predicted molar refractivity (Wildman–Crippen MR) is 96.0 cm³/mol. The van der Waals surface area contributed by atoms with Gasteiger partial charge in [0.05, 0.1) is 22.6 Å². The van der Waals surface area contributed by atoms with Gasteiger partial charge >= 0.3 is 15.1 Å². The van der Waals surface area contributed by atoms with Gasteiger partial charge in [-0.2, -0.15) is 0 Å². The van der Waals surface area contributed by atoms with Crippen LogP contribution in [0.15, 0.2) is 0 Å². The van der Waals surface area contributed by atoms with Gasteiger partial charge < -0.3 is 0 Å².